The van der Waals surface area contributed by atoms with Crippen molar-refractivity contribution in [1.29, 1.82) is 0 Å². The summed E-state index contributed by atoms with van der Waals surface area (Å²) >= 11 is 0. The maximum Gasteiger partial charge on any atom is 0.232 e. The van der Waals surface area contributed by atoms with E-state index in [2.05, 4.69) is 0 Å². The first-order valence-corrected chi connectivity index (χ1v) is 8.60. The van der Waals surface area contributed by atoms with E-state index < -0.39 is 21.9 Å². The molecule has 0 amide bonds. The van der Waals surface area contributed by atoms with Crippen molar-refractivity contribution < 1.29 is 17.6 Å². The van der Waals surface area contributed by atoms with Crippen LogP contribution in [0.2, 0.25) is 0 Å². The van der Waals surface area contributed by atoms with Gasteiger partial charge in [-0.2, -0.15) is 0 Å². The number of carbonyl (C=O) groups is 1. The molecule has 0 saturated heterocycles. The number of halogens is 1. The minimum atomic E-state index is -3.58. The third-order valence-electron chi connectivity index (χ3n) is 3.72. The van der Waals surface area contributed by atoms with Crippen LogP contribution in [0, 0.1) is 5.82 Å². The Bertz CT molecular complexity index is 831. The summed E-state index contributed by atoms with van der Waals surface area (Å²) in [5.41, 5.74) is 1.36. The second-order valence-electron chi connectivity index (χ2n) is 5.27. The molecule has 1 heterocycles. The van der Waals surface area contributed by atoms with Gasteiger partial charge in [0.15, 0.2) is 5.78 Å². The average Bonchev–Trinajstić information content (AvgIpc) is 2.46. The van der Waals surface area contributed by atoms with Crippen LogP contribution in [0.1, 0.15) is 28.4 Å². The number of benzene rings is 2. The quantitative estimate of drug-likeness (QED) is 0.855. The maximum absolute atomic E-state index is 13.1. The fourth-order valence-electron chi connectivity index (χ4n) is 2.79. The van der Waals surface area contributed by atoms with Gasteiger partial charge < -0.3 is 0 Å². The highest BCUT2D eigenvalue weighted by Gasteiger charge is 2.37. The Morgan fingerprint density at radius 3 is 2.36 bits per heavy atom. The molecule has 3 rings (SSSR count). The molecule has 0 aromatic heterocycles. The number of hydrogen-bond acceptors (Lipinski definition) is 3. The molecule has 0 fully saturated rings. The molecule has 1 aliphatic heterocycles. The lowest BCUT2D eigenvalue weighted by Crippen LogP contribution is -2.39. The topological polar surface area (TPSA) is 54.5 Å². The lowest BCUT2D eigenvalue weighted by Gasteiger charge is -2.36. The number of fused-ring (bicyclic) bond motifs is 1. The minimum absolute atomic E-state index is 0.0374. The van der Waals surface area contributed by atoms with E-state index in [9.17, 15) is 17.6 Å². The van der Waals surface area contributed by atoms with E-state index >= 15 is 0 Å². The molecular formula is C16H14FNO3S. The normalized spacial score (nSPS) is 18.2. The van der Waals surface area contributed by atoms with Crippen LogP contribution >= 0.6 is 0 Å². The first-order chi connectivity index (χ1) is 10.4. The zero-order valence-corrected chi connectivity index (χ0v) is 12.7. The smallest absolute Gasteiger partial charge is 0.232 e. The Balaban J connectivity index is 2.18. The van der Waals surface area contributed by atoms with Crippen molar-refractivity contribution in [3.63, 3.8) is 0 Å². The number of para-hydroxylation sites is 1. The third-order valence-corrected chi connectivity index (χ3v) is 4.88. The molecule has 2 aromatic rings. The number of nitrogens with zero attached hydrogens (tertiary/aromatic N) is 1. The lowest BCUT2D eigenvalue weighted by molar-refractivity contribution is 0.0969. The van der Waals surface area contributed by atoms with Crippen LogP contribution in [0.15, 0.2) is 48.5 Å². The standard InChI is InChI=1S/C16H14FNO3S/c1-22(20,21)18-14-5-3-2-4-13(14)16(19)10-15(18)11-6-8-12(17)9-7-11/h2-9,15H,10H2,1H3. The predicted molar refractivity (Wildman–Crippen MR) is 81.9 cm³/mol. The van der Waals surface area contributed by atoms with Gasteiger partial charge in [-0.25, -0.2) is 12.8 Å². The van der Waals surface area contributed by atoms with Crippen LogP contribution in [-0.2, 0) is 10.0 Å². The molecule has 0 bridgehead atoms. The van der Waals surface area contributed by atoms with Gasteiger partial charge in [0.2, 0.25) is 10.0 Å². The van der Waals surface area contributed by atoms with Crippen LogP contribution in [0.4, 0.5) is 10.1 Å². The molecule has 0 aliphatic carbocycles. The van der Waals surface area contributed by atoms with Crippen LogP contribution in [0.5, 0.6) is 0 Å². The zero-order valence-electron chi connectivity index (χ0n) is 11.9. The number of rotatable bonds is 2. The van der Waals surface area contributed by atoms with E-state index in [1.807, 2.05) is 0 Å². The SMILES string of the molecule is CS(=O)(=O)N1c2ccccc2C(=O)CC1c1ccc(F)cc1. The Kier molecular flexibility index (Phi) is 3.48. The summed E-state index contributed by atoms with van der Waals surface area (Å²) in [6.45, 7) is 0. The van der Waals surface area contributed by atoms with E-state index in [0.29, 0.717) is 16.8 Å². The van der Waals surface area contributed by atoms with Gasteiger partial charge in [0.1, 0.15) is 5.82 Å². The number of anilines is 1. The molecule has 0 saturated carbocycles. The van der Waals surface area contributed by atoms with Crippen molar-refractivity contribution in [3.05, 3.63) is 65.5 Å². The number of sulfonamides is 1. The predicted octanol–water partition coefficient (Wildman–Crippen LogP) is 2.92. The minimum Gasteiger partial charge on any atom is -0.294 e. The van der Waals surface area contributed by atoms with Gasteiger partial charge in [0.25, 0.3) is 0 Å². The summed E-state index contributed by atoms with van der Waals surface area (Å²) in [5, 5.41) is 0. The van der Waals surface area contributed by atoms with Crippen molar-refractivity contribution in [1.82, 2.24) is 0 Å². The van der Waals surface area contributed by atoms with Crippen LogP contribution in [0.3, 0.4) is 0 Å². The van der Waals surface area contributed by atoms with Gasteiger partial charge in [0, 0.05) is 12.0 Å². The largest absolute Gasteiger partial charge is 0.294 e. The van der Waals surface area contributed by atoms with Crippen molar-refractivity contribution >= 4 is 21.5 Å². The van der Waals surface area contributed by atoms with Gasteiger partial charge in [-0.05, 0) is 29.8 Å². The fourth-order valence-corrected chi connectivity index (χ4v) is 3.96. The number of hydrogen-bond donors (Lipinski definition) is 0. The fraction of sp³-hybridized carbons (Fsp3) is 0.188. The number of ketones is 1. The van der Waals surface area contributed by atoms with Crippen LogP contribution < -0.4 is 4.31 Å². The van der Waals surface area contributed by atoms with Gasteiger partial charge in [-0.15, -0.1) is 0 Å². The summed E-state index contributed by atoms with van der Waals surface area (Å²) in [5.74, 6) is -0.526. The van der Waals surface area contributed by atoms with Gasteiger partial charge >= 0.3 is 0 Å². The van der Waals surface area contributed by atoms with Crippen molar-refractivity contribution in [3.8, 4) is 0 Å². The average molecular weight is 319 g/mol. The molecule has 114 valence electrons. The highest BCUT2D eigenvalue weighted by atomic mass is 32.2. The maximum atomic E-state index is 13.1. The molecule has 1 atom stereocenters. The highest BCUT2D eigenvalue weighted by molar-refractivity contribution is 7.92. The van der Waals surface area contributed by atoms with Crippen molar-refractivity contribution in [2.45, 2.75) is 12.5 Å². The van der Waals surface area contributed by atoms with Crippen LogP contribution in [0.25, 0.3) is 0 Å². The van der Waals surface area contributed by atoms with Crippen molar-refractivity contribution in [2.24, 2.45) is 0 Å². The second kappa shape index (κ2) is 5.21. The molecule has 4 nitrogen and oxygen atoms in total. The Hall–Kier alpha value is -2.21. The molecule has 22 heavy (non-hydrogen) atoms. The molecule has 2 aromatic carbocycles. The first kappa shape index (κ1) is 14.7. The van der Waals surface area contributed by atoms with Gasteiger partial charge in [-0.1, -0.05) is 24.3 Å². The molecule has 6 heteroatoms. The zero-order chi connectivity index (χ0) is 15.9. The number of carbonyl (C=O) groups excluding carboxylic acids is 1. The molecule has 1 unspecified atom stereocenters. The highest BCUT2D eigenvalue weighted by Crippen LogP contribution is 2.40. The molecule has 1 aliphatic rings. The summed E-state index contributed by atoms with van der Waals surface area (Å²) in [6, 6.07) is 11.5. The second-order valence-corrected chi connectivity index (χ2v) is 7.13. The Labute approximate surface area is 128 Å². The Morgan fingerprint density at radius 2 is 1.73 bits per heavy atom. The number of Topliss-reactive ketones (excluding diaryl/α,β-unsaturated/α-hetero) is 1. The third kappa shape index (κ3) is 2.50. The van der Waals surface area contributed by atoms with E-state index in [0.717, 1.165) is 6.26 Å². The summed E-state index contributed by atoms with van der Waals surface area (Å²) in [7, 11) is -3.58. The Morgan fingerprint density at radius 1 is 1.09 bits per heavy atom. The van der Waals surface area contributed by atoms with E-state index in [-0.39, 0.29) is 12.2 Å². The van der Waals surface area contributed by atoms with Gasteiger partial charge in [-0.3, -0.25) is 9.10 Å². The molecule has 0 radical (unpaired) electrons. The molecular weight excluding hydrogens is 305 g/mol. The summed E-state index contributed by atoms with van der Waals surface area (Å²) in [6.07, 6.45) is 1.14. The lowest BCUT2D eigenvalue weighted by atomic mass is 9.92. The van der Waals surface area contributed by atoms with E-state index in [4.69, 9.17) is 0 Å². The molecule has 0 N–H and O–H groups in total. The van der Waals surface area contributed by atoms with Crippen molar-refractivity contribution in [2.75, 3.05) is 10.6 Å². The van der Waals surface area contributed by atoms with Gasteiger partial charge in [0.05, 0.1) is 18.0 Å². The summed E-state index contributed by atoms with van der Waals surface area (Å²) in [4.78, 5) is 12.3. The van der Waals surface area contributed by atoms with E-state index in [1.165, 1.54) is 28.6 Å². The first-order valence-electron chi connectivity index (χ1n) is 6.75. The molecule has 0 spiro atoms. The monoisotopic (exact) mass is 319 g/mol. The summed E-state index contributed by atoms with van der Waals surface area (Å²) < 4.78 is 38.8. The van der Waals surface area contributed by atoms with E-state index in [1.54, 1.807) is 24.3 Å². The van der Waals surface area contributed by atoms with Crippen LogP contribution in [-0.4, -0.2) is 20.5 Å².